The molecule has 2 aromatic rings. The zero-order valence-electron chi connectivity index (χ0n) is 15.9. The Morgan fingerprint density at radius 2 is 2.00 bits per heavy atom. The van der Waals surface area contributed by atoms with Gasteiger partial charge in [0.2, 0.25) is 0 Å². The van der Waals surface area contributed by atoms with E-state index in [2.05, 4.69) is 67.0 Å². The van der Waals surface area contributed by atoms with Crippen molar-refractivity contribution in [3.63, 3.8) is 0 Å². The molecule has 0 spiro atoms. The maximum atomic E-state index is 4.74. The molecule has 0 saturated heterocycles. The van der Waals surface area contributed by atoms with Gasteiger partial charge in [0.1, 0.15) is 0 Å². The van der Waals surface area contributed by atoms with Gasteiger partial charge in [-0.25, -0.2) is 0 Å². The third-order valence-electron chi connectivity index (χ3n) is 4.21. The lowest BCUT2D eigenvalue weighted by molar-refractivity contribution is 0.723. The van der Waals surface area contributed by atoms with Gasteiger partial charge >= 0.3 is 0 Å². The molecule has 2 N–H and O–H groups in total. The molecule has 136 valence electrons. The summed E-state index contributed by atoms with van der Waals surface area (Å²) >= 11 is 0. The molecule has 5 nitrogen and oxygen atoms in total. The predicted octanol–water partition coefficient (Wildman–Crippen LogP) is 3.02. The summed E-state index contributed by atoms with van der Waals surface area (Å²) in [5, 5.41) is 11.0. The fraction of sp³-hybridized carbons (Fsp3) is 0.500. The van der Waals surface area contributed by atoms with Crippen molar-refractivity contribution >= 4 is 5.96 Å². The Bertz CT molecular complexity index is 657. The topological polar surface area (TPSA) is 54.2 Å². The van der Waals surface area contributed by atoms with Crippen molar-refractivity contribution in [3.8, 4) is 0 Å². The summed E-state index contributed by atoms with van der Waals surface area (Å²) in [6.45, 7) is 8.98. The second-order valence-corrected chi connectivity index (χ2v) is 6.58. The fourth-order valence-corrected chi connectivity index (χ4v) is 2.67. The molecule has 0 aliphatic heterocycles. The van der Waals surface area contributed by atoms with Crippen molar-refractivity contribution in [2.45, 2.75) is 39.5 Å². The lowest BCUT2D eigenvalue weighted by atomic mass is 10.0. The predicted molar refractivity (Wildman–Crippen MR) is 105 cm³/mol. The number of hydrogen-bond acceptors (Lipinski definition) is 2. The largest absolute Gasteiger partial charge is 0.357 e. The maximum Gasteiger partial charge on any atom is 0.191 e. The average molecular weight is 342 g/mol. The lowest BCUT2D eigenvalue weighted by Gasteiger charge is -2.14. The highest BCUT2D eigenvalue weighted by Gasteiger charge is 2.05. The van der Waals surface area contributed by atoms with E-state index in [9.17, 15) is 0 Å². The summed E-state index contributed by atoms with van der Waals surface area (Å²) in [6, 6.07) is 8.72. The van der Waals surface area contributed by atoms with Gasteiger partial charge in [0.05, 0.1) is 6.20 Å². The highest BCUT2D eigenvalue weighted by molar-refractivity contribution is 5.79. The molecule has 0 radical (unpaired) electrons. The molecule has 2 rings (SSSR count). The highest BCUT2D eigenvalue weighted by atomic mass is 15.2. The number of benzene rings is 1. The smallest absolute Gasteiger partial charge is 0.191 e. The highest BCUT2D eigenvalue weighted by Crippen LogP contribution is 2.15. The van der Waals surface area contributed by atoms with E-state index in [4.69, 9.17) is 4.99 Å². The van der Waals surface area contributed by atoms with Crippen LogP contribution in [0.25, 0.3) is 0 Å². The Kier molecular flexibility index (Phi) is 7.51. The van der Waals surface area contributed by atoms with Gasteiger partial charge in [-0.3, -0.25) is 9.67 Å². The molecule has 0 aliphatic carbocycles. The van der Waals surface area contributed by atoms with E-state index in [0.29, 0.717) is 5.92 Å². The molecule has 1 aromatic carbocycles. The van der Waals surface area contributed by atoms with E-state index in [1.807, 2.05) is 17.9 Å². The minimum absolute atomic E-state index is 0.409. The van der Waals surface area contributed by atoms with Gasteiger partial charge in [-0.2, -0.15) is 5.10 Å². The second kappa shape index (κ2) is 9.87. The summed E-state index contributed by atoms with van der Waals surface area (Å²) in [6.07, 6.45) is 6.09. The number of aryl methyl sites for hydroxylation is 3. The summed E-state index contributed by atoms with van der Waals surface area (Å²) in [5.74, 6) is 1.30. The molecule has 0 fully saturated rings. The molecule has 1 unspecified atom stereocenters. The summed E-state index contributed by atoms with van der Waals surface area (Å²) in [5.41, 5.74) is 3.91. The van der Waals surface area contributed by atoms with E-state index < -0.39 is 0 Å². The summed E-state index contributed by atoms with van der Waals surface area (Å²) in [7, 11) is 1.95. The molecule has 0 aliphatic rings. The van der Waals surface area contributed by atoms with Crippen molar-refractivity contribution in [1.29, 1.82) is 0 Å². The van der Waals surface area contributed by atoms with Gasteiger partial charge in [-0.05, 0) is 37.8 Å². The zero-order chi connectivity index (χ0) is 18.1. The molecule has 0 bridgehead atoms. The molecule has 25 heavy (non-hydrogen) atoms. The van der Waals surface area contributed by atoms with Crippen LogP contribution in [0.3, 0.4) is 0 Å². The molecule has 1 aromatic heterocycles. The van der Waals surface area contributed by atoms with Crippen LogP contribution >= 0.6 is 0 Å². The van der Waals surface area contributed by atoms with Gasteiger partial charge in [0, 0.05) is 38.8 Å². The van der Waals surface area contributed by atoms with Gasteiger partial charge in [0.25, 0.3) is 0 Å². The van der Waals surface area contributed by atoms with Crippen LogP contribution in [0.5, 0.6) is 0 Å². The van der Waals surface area contributed by atoms with Gasteiger partial charge in [0.15, 0.2) is 5.96 Å². The summed E-state index contributed by atoms with van der Waals surface area (Å²) in [4.78, 5) is 4.74. The number of rotatable bonds is 8. The first-order chi connectivity index (χ1) is 12.1. The van der Waals surface area contributed by atoms with Crippen LogP contribution in [0, 0.1) is 6.92 Å². The molecular formula is C20H31N5. The SMILES string of the molecule is CCNC(=NCC(C)c1ccc(C)cc1)NCCCc1cnn(C)c1. The van der Waals surface area contributed by atoms with Crippen molar-refractivity contribution in [1.82, 2.24) is 20.4 Å². The van der Waals surface area contributed by atoms with Crippen LogP contribution < -0.4 is 10.6 Å². The minimum Gasteiger partial charge on any atom is -0.357 e. The van der Waals surface area contributed by atoms with Crippen LogP contribution in [-0.2, 0) is 13.5 Å². The number of aliphatic imine (C=N–C) groups is 1. The van der Waals surface area contributed by atoms with Crippen molar-refractivity contribution in [3.05, 3.63) is 53.3 Å². The number of hydrogen-bond donors (Lipinski definition) is 2. The van der Waals surface area contributed by atoms with Crippen LogP contribution in [0.15, 0.2) is 41.7 Å². The Balaban J connectivity index is 1.79. The third kappa shape index (κ3) is 6.61. The van der Waals surface area contributed by atoms with Gasteiger partial charge in [-0.15, -0.1) is 0 Å². The molecule has 0 saturated carbocycles. The summed E-state index contributed by atoms with van der Waals surface area (Å²) < 4.78 is 1.85. The first-order valence-electron chi connectivity index (χ1n) is 9.14. The van der Waals surface area contributed by atoms with E-state index >= 15 is 0 Å². The Hall–Kier alpha value is -2.30. The Morgan fingerprint density at radius 1 is 1.24 bits per heavy atom. The second-order valence-electron chi connectivity index (χ2n) is 6.58. The molecule has 1 atom stereocenters. The van der Waals surface area contributed by atoms with E-state index in [0.717, 1.165) is 38.4 Å². The van der Waals surface area contributed by atoms with Crippen LogP contribution in [0.2, 0.25) is 0 Å². The normalized spacial score (nSPS) is 12.9. The molecule has 0 amide bonds. The Labute approximate surface area is 151 Å². The number of guanidine groups is 1. The zero-order valence-corrected chi connectivity index (χ0v) is 15.9. The first kappa shape index (κ1) is 19.0. The van der Waals surface area contributed by atoms with Gasteiger partial charge in [-0.1, -0.05) is 36.8 Å². The standard InChI is InChI=1S/C20H31N5/c1-5-21-20(22-12-6-7-18-14-24-25(4)15-18)23-13-17(3)19-10-8-16(2)9-11-19/h8-11,14-15,17H,5-7,12-13H2,1-4H3,(H2,21,22,23). The number of nitrogens with one attached hydrogen (secondary N) is 2. The number of nitrogens with zero attached hydrogens (tertiary/aromatic N) is 3. The Morgan fingerprint density at radius 3 is 2.64 bits per heavy atom. The van der Waals surface area contributed by atoms with Crippen molar-refractivity contribution in [2.75, 3.05) is 19.6 Å². The van der Waals surface area contributed by atoms with Crippen molar-refractivity contribution < 1.29 is 0 Å². The molecular weight excluding hydrogens is 310 g/mol. The molecule has 1 heterocycles. The van der Waals surface area contributed by atoms with E-state index in [1.54, 1.807) is 0 Å². The van der Waals surface area contributed by atoms with Crippen molar-refractivity contribution in [2.24, 2.45) is 12.0 Å². The first-order valence-corrected chi connectivity index (χ1v) is 9.14. The maximum absolute atomic E-state index is 4.74. The lowest BCUT2D eigenvalue weighted by Crippen LogP contribution is -2.38. The van der Waals surface area contributed by atoms with Crippen LogP contribution in [0.1, 0.15) is 42.9 Å². The van der Waals surface area contributed by atoms with E-state index in [-0.39, 0.29) is 0 Å². The number of aromatic nitrogens is 2. The quantitative estimate of drug-likeness (QED) is 0.441. The van der Waals surface area contributed by atoms with Crippen LogP contribution in [-0.4, -0.2) is 35.4 Å². The average Bonchev–Trinajstić information content (AvgIpc) is 3.02. The fourth-order valence-electron chi connectivity index (χ4n) is 2.67. The monoisotopic (exact) mass is 341 g/mol. The minimum atomic E-state index is 0.409. The molecule has 5 heteroatoms. The third-order valence-corrected chi connectivity index (χ3v) is 4.21. The van der Waals surface area contributed by atoms with Gasteiger partial charge < -0.3 is 10.6 Å². The van der Waals surface area contributed by atoms with E-state index in [1.165, 1.54) is 16.7 Å². The van der Waals surface area contributed by atoms with Crippen LogP contribution in [0.4, 0.5) is 0 Å².